The van der Waals surface area contributed by atoms with Crippen LogP contribution in [-0.2, 0) is 11.3 Å². The lowest BCUT2D eigenvalue weighted by atomic mass is 10.2. The Morgan fingerprint density at radius 3 is 3.08 bits per heavy atom. The van der Waals surface area contributed by atoms with Crippen LogP contribution in [0.4, 0.5) is 0 Å². The van der Waals surface area contributed by atoms with E-state index in [-0.39, 0.29) is 0 Å². The van der Waals surface area contributed by atoms with Crippen molar-refractivity contribution in [2.45, 2.75) is 6.61 Å². The van der Waals surface area contributed by atoms with Crippen LogP contribution >= 0.6 is 11.3 Å². The Bertz CT molecular complexity index is 420. The zero-order valence-corrected chi connectivity index (χ0v) is 8.10. The Morgan fingerprint density at radius 1 is 1.46 bits per heavy atom. The molecule has 2 nitrogen and oxygen atoms in total. The Balaban J connectivity index is 2.64. The van der Waals surface area contributed by atoms with Gasteiger partial charge in [0, 0.05) is 17.2 Å². The standard InChI is InChI=1S/C10H10O2S/c1-12-5-7-6-13-9-4-2-3-8(11)10(7)9/h2-4,6,11H,5H2,1H3. The van der Waals surface area contributed by atoms with Gasteiger partial charge in [-0.1, -0.05) is 6.07 Å². The van der Waals surface area contributed by atoms with E-state index in [1.165, 1.54) is 0 Å². The van der Waals surface area contributed by atoms with E-state index < -0.39 is 0 Å². The molecule has 0 aliphatic heterocycles. The molecule has 0 saturated carbocycles. The molecule has 1 aromatic heterocycles. The Kier molecular flexibility index (Phi) is 2.20. The highest BCUT2D eigenvalue weighted by atomic mass is 32.1. The molecule has 1 heterocycles. The summed E-state index contributed by atoms with van der Waals surface area (Å²) in [5.74, 6) is 0.339. The molecule has 0 amide bonds. The number of phenolic OH excluding ortho intramolecular Hbond substituents is 1. The van der Waals surface area contributed by atoms with Crippen molar-refractivity contribution < 1.29 is 9.84 Å². The third-order valence-electron chi connectivity index (χ3n) is 1.95. The van der Waals surface area contributed by atoms with Gasteiger partial charge in [0.25, 0.3) is 0 Å². The van der Waals surface area contributed by atoms with Gasteiger partial charge in [-0.05, 0) is 23.1 Å². The predicted octanol–water partition coefficient (Wildman–Crippen LogP) is 2.75. The minimum Gasteiger partial charge on any atom is -0.507 e. The Labute approximate surface area is 80.4 Å². The van der Waals surface area contributed by atoms with E-state index in [1.807, 2.05) is 17.5 Å². The number of ether oxygens (including phenoxy) is 1. The first-order valence-electron chi connectivity index (χ1n) is 4.00. The van der Waals surface area contributed by atoms with Crippen molar-refractivity contribution in [2.24, 2.45) is 0 Å². The van der Waals surface area contributed by atoms with Gasteiger partial charge < -0.3 is 9.84 Å². The first kappa shape index (κ1) is 8.53. The molecule has 0 spiro atoms. The normalized spacial score (nSPS) is 10.8. The van der Waals surface area contributed by atoms with Crippen LogP contribution < -0.4 is 0 Å². The Hall–Kier alpha value is -1.06. The topological polar surface area (TPSA) is 29.5 Å². The first-order valence-corrected chi connectivity index (χ1v) is 4.88. The van der Waals surface area contributed by atoms with E-state index in [0.717, 1.165) is 15.6 Å². The fourth-order valence-electron chi connectivity index (χ4n) is 1.40. The molecule has 0 radical (unpaired) electrons. The number of hydrogen-bond acceptors (Lipinski definition) is 3. The van der Waals surface area contributed by atoms with E-state index in [4.69, 9.17) is 4.74 Å². The maximum Gasteiger partial charge on any atom is 0.124 e. The second-order valence-electron chi connectivity index (χ2n) is 2.84. The number of fused-ring (bicyclic) bond motifs is 1. The van der Waals surface area contributed by atoms with Crippen LogP contribution in [0.25, 0.3) is 10.1 Å². The van der Waals surface area contributed by atoms with Crippen LogP contribution in [0.15, 0.2) is 23.6 Å². The number of rotatable bonds is 2. The zero-order valence-electron chi connectivity index (χ0n) is 7.28. The second-order valence-corrected chi connectivity index (χ2v) is 3.76. The summed E-state index contributed by atoms with van der Waals surface area (Å²) in [4.78, 5) is 0. The quantitative estimate of drug-likeness (QED) is 0.796. The Morgan fingerprint density at radius 2 is 2.31 bits per heavy atom. The molecular formula is C10H10O2S. The van der Waals surface area contributed by atoms with Gasteiger partial charge in [-0.3, -0.25) is 0 Å². The van der Waals surface area contributed by atoms with Gasteiger partial charge in [0.15, 0.2) is 0 Å². The van der Waals surface area contributed by atoms with Gasteiger partial charge in [-0.25, -0.2) is 0 Å². The lowest BCUT2D eigenvalue weighted by Crippen LogP contribution is -1.84. The lowest BCUT2D eigenvalue weighted by molar-refractivity contribution is 0.186. The smallest absolute Gasteiger partial charge is 0.124 e. The number of phenols is 1. The third-order valence-corrected chi connectivity index (χ3v) is 2.95. The molecule has 68 valence electrons. The second kappa shape index (κ2) is 3.36. The third kappa shape index (κ3) is 1.41. The van der Waals surface area contributed by atoms with Crippen LogP contribution in [0.1, 0.15) is 5.56 Å². The summed E-state index contributed by atoms with van der Waals surface area (Å²) in [6.07, 6.45) is 0. The summed E-state index contributed by atoms with van der Waals surface area (Å²) < 4.78 is 6.15. The van der Waals surface area contributed by atoms with Crippen molar-refractivity contribution in [1.82, 2.24) is 0 Å². The highest BCUT2D eigenvalue weighted by Gasteiger charge is 2.06. The predicted molar refractivity (Wildman–Crippen MR) is 54.2 cm³/mol. The summed E-state index contributed by atoms with van der Waals surface area (Å²) in [7, 11) is 1.66. The minimum absolute atomic E-state index is 0.339. The molecule has 3 heteroatoms. The van der Waals surface area contributed by atoms with Crippen molar-refractivity contribution in [2.75, 3.05) is 7.11 Å². The number of aromatic hydroxyl groups is 1. The molecule has 2 aromatic rings. The summed E-state index contributed by atoms with van der Waals surface area (Å²) in [5.41, 5.74) is 1.06. The van der Waals surface area contributed by atoms with Crippen LogP contribution in [-0.4, -0.2) is 12.2 Å². The summed E-state index contributed by atoms with van der Waals surface area (Å²) >= 11 is 1.63. The molecule has 0 bridgehead atoms. The monoisotopic (exact) mass is 194 g/mol. The minimum atomic E-state index is 0.339. The van der Waals surface area contributed by atoms with Crippen molar-refractivity contribution in [3.8, 4) is 5.75 Å². The van der Waals surface area contributed by atoms with Crippen molar-refractivity contribution in [3.63, 3.8) is 0 Å². The van der Waals surface area contributed by atoms with Crippen molar-refractivity contribution in [3.05, 3.63) is 29.1 Å². The first-order chi connectivity index (χ1) is 6.33. The molecule has 2 rings (SSSR count). The van der Waals surface area contributed by atoms with Gasteiger partial charge in [0.05, 0.1) is 6.61 Å². The zero-order chi connectivity index (χ0) is 9.26. The molecule has 0 aliphatic carbocycles. The number of methoxy groups -OCH3 is 1. The van der Waals surface area contributed by atoms with Crippen LogP contribution in [0, 0.1) is 0 Å². The fraction of sp³-hybridized carbons (Fsp3) is 0.200. The SMILES string of the molecule is COCc1csc2cccc(O)c12. The summed E-state index contributed by atoms with van der Waals surface area (Å²) in [5, 5.41) is 12.6. The molecule has 1 N–H and O–H groups in total. The number of hydrogen-bond donors (Lipinski definition) is 1. The van der Waals surface area contributed by atoms with E-state index in [9.17, 15) is 5.11 Å². The van der Waals surface area contributed by atoms with Crippen LogP contribution in [0.5, 0.6) is 5.75 Å². The fourth-order valence-corrected chi connectivity index (χ4v) is 2.36. The largest absolute Gasteiger partial charge is 0.507 e. The molecule has 0 aliphatic rings. The molecule has 13 heavy (non-hydrogen) atoms. The van der Waals surface area contributed by atoms with Crippen LogP contribution in [0.3, 0.4) is 0 Å². The van der Waals surface area contributed by atoms with Crippen molar-refractivity contribution >= 4 is 21.4 Å². The molecule has 1 aromatic carbocycles. The van der Waals surface area contributed by atoms with Crippen molar-refractivity contribution in [1.29, 1.82) is 0 Å². The highest BCUT2D eigenvalue weighted by molar-refractivity contribution is 7.17. The maximum absolute atomic E-state index is 9.62. The van der Waals surface area contributed by atoms with E-state index in [2.05, 4.69) is 0 Å². The van der Waals surface area contributed by atoms with Gasteiger partial charge >= 0.3 is 0 Å². The van der Waals surface area contributed by atoms with E-state index in [1.54, 1.807) is 24.5 Å². The van der Waals surface area contributed by atoms with Gasteiger partial charge in [-0.15, -0.1) is 11.3 Å². The molecule has 0 atom stereocenters. The number of thiophene rings is 1. The maximum atomic E-state index is 9.62. The average Bonchev–Trinajstić information content (AvgIpc) is 2.51. The summed E-state index contributed by atoms with van der Waals surface area (Å²) in [6, 6.07) is 5.55. The lowest BCUT2D eigenvalue weighted by Gasteiger charge is -1.99. The van der Waals surface area contributed by atoms with E-state index in [0.29, 0.717) is 12.4 Å². The van der Waals surface area contributed by atoms with Gasteiger partial charge in [0.1, 0.15) is 5.75 Å². The molecule has 0 unspecified atom stereocenters. The average molecular weight is 194 g/mol. The highest BCUT2D eigenvalue weighted by Crippen LogP contribution is 2.33. The summed E-state index contributed by atoms with van der Waals surface area (Å²) in [6.45, 7) is 0.553. The van der Waals surface area contributed by atoms with E-state index >= 15 is 0 Å². The molecule has 0 saturated heterocycles. The van der Waals surface area contributed by atoms with Crippen LogP contribution in [0.2, 0.25) is 0 Å². The van der Waals surface area contributed by atoms with Gasteiger partial charge in [0.2, 0.25) is 0 Å². The molecule has 0 fully saturated rings. The van der Waals surface area contributed by atoms with Gasteiger partial charge in [-0.2, -0.15) is 0 Å². The number of benzene rings is 1. The molecular weight excluding hydrogens is 184 g/mol.